The van der Waals surface area contributed by atoms with Crippen LogP contribution in [0.2, 0.25) is 0 Å². The third kappa shape index (κ3) is 7.25. The molecule has 0 unspecified atom stereocenters. The number of hydrogen-bond acceptors (Lipinski definition) is 5. The third-order valence-electron chi connectivity index (χ3n) is 7.22. The van der Waals surface area contributed by atoms with Gasteiger partial charge in [-0.2, -0.15) is 0 Å². The van der Waals surface area contributed by atoms with Crippen molar-refractivity contribution in [2.75, 3.05) is 13.6 Å². The largest absolute Gasteiger partial charge is 0.390 e. The van der Waals surface area contributed by atoms with Crippen LogP contribution in [0, 0.1) is 17.6 Å². The van der Waals surface area contributed by atoms with Crippen molar-refractivity contribution in [3.63, 3.8) is 0 Å². The first-order chi connectivity index (χ1) is 18.7. The van der Waals surface area contributed by atoms with Gasteiger partial charge in [-0.25, -0.2) is 8.78 Å². The van der Waals surface area contributed by atoms with E-state index in [9.17, 15) is 23.5 Å². The summed E-state index contributed by atoms with van der Waals surface area (Å²) >= 11 is 0. The second-order valence-corrected chi connectivity index (χ2v) is 10.0. The normalized spacial score (nSPS) is 18.4. The molecule has 0 saturated carbocycles. The van der Waals surface area contributed by atoms with Gasteiger partial charge in [-0.1, -0.05) is 37.3 Å². The van der Waals surface area contributed by atoms with Gasteiger partial charge in [0, 0.05) is 45.0 Å². The Morgan fingerprint density at radius 1 is 1.13 bits per heavy atom. The smallest absolute Gasteiger partial charge is 0.228 e. The van der Waals surface area contributed by atoms with Gasteiger partial charge in [-0.15, -0.1) is 0 Å². The number of halogens is 2. The Hall–Kier alpha value is -3.69. The van der Waals surface area contributed by atoms with Crippen molar-refractivity contribution in [1.29, 1.82) is 0 Å². The van der Waals surface area contributed by atoms with Crippen LogP contribution >= 0.6 is 0 Å². The molecule has 2 heterocycles. The molecule has 4 atom stereocenters. The summed E-state index contributed by atoms with van der Waals surface area (Å²) in [7, 11) is 1.56. The van der Waals surface area contributed by atoms with E-state index in [0.717, 1.165) is 18.1 Å². The number of hydrogen-bond donors (Lipinski definition) is 3. The number of aliphatic hydroxyl groups excluding tert-OH is 1. The Balaban J connectivity index is 1.53. The number of nitrogens with zero attached hydrogens (tertiary/aromatic N) is 2. The highest BCUT2D eigenvalue weighted by atomic mass is 19.1. The molecular weight excluding hydrogens is 502 g/mol. The standard InChI is InChI=1S/C30H34F2N4O3/c1-3-19-6-4-7-20(10-19)16-34-18-27(37)26(13-21-11-23(31)14-24(32)12-21)36(2)30(39)25-15-28(38)35-29(25)22-8-5-9-33-17-22/h4-12,14,17,25-27,29,34,37H,3,13,15-16,18H2,1-2H3,(H,35,38)/t25-,26-,27+,29+/m0/s1. The van der Waals surface area contributed by atoms with E-state index in [2.05, 4.69) is 34.7 Å². The Labute approximate surface area is 227 Å². The van der Waals surface area contributed by atoms with Crippen molar-refractivity contribution >= 4 is 11.8 Å². The molecule has 1 aliphatic heterocycles. The van der Waals surface area contributed by atoms with Crippen LogP contribution in [-0.2, 0) is 29.0 Å². The summed E-state index contributed by atoms with van der Waals surface area (Å²) < 4.78 is 27.9. The fraction of sp³-hybridized carbons (Fsp3) is 0.367. The second-order valence-electron chi connectivity index (χ2n) is 10.0. The SMILES string of the molecule is CCc1cccc(CNC[C@@H](O)[C@H](Cc2cc(F)cc(F)c2)N(C)C(=O)[C@H]2CC(=O)N[C@@H]2c2cccnc2)c1. The van der Waals surface area contributed by atoms with Gasteiger partial charge in [0.25, 0.3) is 0 Å². The molecule has 2 amide bonds. The van der Waals surface area contributed by atoms with E-state index in [1.165, 1.54) is 22.6 Å². The molecule has 39 heavy (non-hydrogen) atoms. The van der Waals surface area contributed by atoms with Crippen LogP contribution in [0.25, 0.3) is 0 Å². The molecule has 1 aliphatic rings. The van der Waals surface area contributed by atoms with E-state index >= 15 is 0 Å². The van der Waals surface area contributed by atoms with Gasteiger partial charge in [0.1, 0.15) is 11.6 Å². The number of carbonyl (C=O) groups excluding carboxylic acids is 2. The molecular formula is C30H34F2N4O3. The van der Waals surface area contributed by atoms with Crippen LogP contribution in [0.1, 0.15) is 41.6 Å². The summed E-state index contributed by atoms with van der Waals surface area (Å²) in [6, 6.07) is 13.4. The van der Waals surface area contributed by atoms with Gasteiger partial charge in [0.05, 0.1) is 24.1 Å². The average Bonchev–Trinajstić information content (AvgIpc) is 3.32. The number of amides is 2. The summed E-state index contributed by atoms with van der Waals surface area (Å²) in [5.74, 6) is -2.78. The minimum Gasteiger partial charge on any atom is -0.390 e. The van der Waals surface area contributed by atoms with Crippen LogP contribution in [0.15, 0.2) is 67.0 Å². The summed E-state index contributed by atoms with van der Waals surface area (Å²) in [6.07, 6.45) is 3.09. The van der Waals surface area contributed by atoms with Gasteiger partial charge < -0.3 is 20.6 Å². The lowest BCUT2D eigenvalue weighted by Crippen LogP contribution is -2.51. The predicted molar refractivity (Wildman–Crippen MR) is 143 cm³/mol. The molecule has 4 rings (SSSR count). The van der Waals surface area contributed by atoms with Crippen LogP contribution in [0.5, 0.6) is 0 Å². The number of pyridine rings is 1. The zero-order chi connectivity index (χ0) is 27.9. The highest BCUT2D eigenvalue weighted by molar-refractivity contribution is 5.90. The topological polar surface area (TPSA) is 94.6 Å². The molecule has 3 aromatic rings. The monoisotopic (exact) mass is 536 g/mol. The van der Waals surface area contributed by atoms with Crippen molar-refractivity contribution in [3.05, 3.63) is 101 Å². The first kappa shape index (κ1) is 28.3. The second kappa shape index (κ2) is 12.9. The molecule has 0 bridgehead atoms. The molecule has 0 radical (unpaired) electrons. The zero-order valence-electron chi connectivity index (χ0n) is 22.1. The summed E-state index contributed by atoms with van der Waals surface area (Å²) in [5, 5.41) is 17.3. The van der Waals surface area contributed by atoms with E-state index in [0.29, 0.717) is 17.7 Å². The minimum atomic E-state index is -1.05. The maximum Gasteiger partial charge on any atom is 0.228 e. The fourth-order valence-electron chi connectivity index (χ4n) is 5.14. The first-order valence-corrected chi connectivity index (χ1v) is 13.1. The average molecular weight is 537 g/mol. The van der Waals surface area contributed by atoms with Crippen molar-refractivity contribution < 1.29 is 23.5 Å². The Bertz CT molecular complexity index is 1270. The molecule has 1 aromatic heterocycles. The van der Waals surface area contributed by atoms with Crippen LogP contribution < -0.4 is 10.6 Å². The quantitative estimate of drug-likeness (QED) is 0.350. The van der Waals surface area contributed by atoms with Gasteiger partial charge in [-0.3, -0.25) is 14.6 Å². The van der Waals surface area contributed by atoms with Crippen molar-refractivity contribution in [1.82, 2.24) is 20.5 Å². The molecule has 7 nitrogen and oxygen atoms in total. The molecule has 9 heteroatoms. The highest BCUT2D eigenvalue weighted by Crippen LogP contribution is 2.32. The minimum absolute atomic E-state index is 0.00778. The number of aromatic nitrogens is 1. The number of aryl methyl sites for hydroxylation is 1. The maximum absolute atomic E-state index is 14.0. The summed E-state index contributed by atoms with van der Waals surface area (Å²) in [6.45, 7) is 2.73. The van der Waals surface area contributed by atoms with Gasteiger partial charge in [-0.05, 0) is 53.3 Å². The summed E-state index contributed by atoms with van der Waals surface area (Å²) in [5.41, 5.74) is 3.28. The molecule has 206 valence electrons. The van der Waals surface area contributed by atoms with Crippen molar-refractivity contribution in [3.8, 4) is 0 Å². The third-order valence-corrected chi connectivity index (χ3v) is 7.22. The maximum atomic E-state index is 14.0. The van der Waals surface area contributed by atoms with E-state index in [4.69, 9.17) is 0 Å². The van der Waals surface area contributed by atoms with E-state index in [-0.39, 0.29) is 31.2 Å². The molecule has 0 aliphatic carbocycles. The number of benzene rings is 2. The molecule has 0 spiro atoms. The van der Waals surface area contributed by atoms with Crippen LogP contribution in [0.3, 0.4) is 0 Å². The lowest BCUT2D eigenvalue weighted by Gasteiger charge is -2.35. The highest BCUT2D eigenvalue weighted by Gasteiger charge is 2.42. The number of aliphatic hydroxyl groups is 1. The molecule has 3 N–H and O–H groups in total. The predicted octanol–water partition coefficient (Wildman–Crippen LogP) is 3.32. The number of nitrogens with one attached hydrogen (secondary N) is 2. The number of carbonyl (C=O) groups is 2. The van der Waals surface area contributed by atoms with Crippen molar-refractivity contribution in [2.45, 2.75) is 50.9 Å². The van der Waals surface area contributed by atoms with Gasteiger partial charge in [0.2, 0.25) is 11.8 Å². The Morgan fingerprint density at radius 3 is 2.56 bits per heavy atom. The van der Waals surface area contributed by atoms with Gasteiger partial charge in [0.15, 0.2) is 0 Å². The molecule has 1 saturated heterocycles. The summed E-state index contributed by atoms with van der Waals surface area (Å²) in [4.78, 5) is 31.6. The molecule has 2 aromatic carbocycles. The lowest BCUT2D eigenvalue weighted by molar-refractivity contribution is -0.139. The number of likely N-dealkylation sites (N-methyl/N-ethyl adjacent to an activating group) is 1. The molecule has 1 fully saturated rings. The van der Waals surface area contributed by atoms with Gasteiger partial charge >= 0.3 is 0 Å². The number of rotatable bonds is 11. The Morgan fingerprint density at radius 2 is 1.87 bits per heavy atom. The Kier molecular flexibility index (Phi) is 9.37. The van der Waals surface area contributed by atoms with E-state index < -0.39 is 35.7 Å². The lowest BCUT2D eigenvalue weighted by atomic mass is 9.92. The van der Waals surface area contributed by atoms with E-state index in [1.54, 1.807) is 31.6 Å². The van der Waals surface area contributed by atoms with Crippen molar-refractivity contribution in [2.24, 2.45) is 5.92 Å². The van der Waals surface area contributed by atoms with E-state index in [1.807, 2.05) is 12.1 Å². The van der Waals surface area contributed by atoms with Crippen LogP contribution in [-0.4, -0.2) is 52.5 Å². The van der Waals surface area contributed by atoms with Crippen LogP contribution in [0.4, 0.5) is 8.78 Å². The first-order valence-electron chi connectivity index (χ1n) is 13.1. The fourth-order valence-corrected chi connectivity index (χ4v) is 5.14. The zero-order valence-corrected chi connectivity index (χ0v) is 22.1.